The Bertz CT molecular complexity index is 7240. The van der Waals surface area contributed by atoms with E-state index in [1.54, 1.807) is 61.4 Å². The van der Waals surface area contributed by atoms with Gasteiger partial charge in [-0.05, 0) is 212 Å². The van der Waals surface area contributed by atoms with Crippen LogP contribution in [0, 0.1) is 40.7 Å². The van der Waals surface area contributed by atoms with Crippen LogP contribution in [0.1, 0.15) is 85.6 Å². The molecule has 15 heterocycles. The molecule has 0 unspecified atom stereocenters. The number of imidazole rings is 4. The number of pyridine rings is 3. The second-order valence-electron chi connectivity index (χ2n) is 29.7. The van der Waals surface area contributed by atoms with Gasteiger partial charge in [0, 0.05) is 160 Å². The van der Waals surface area contributed by atoms with Crippen LogP contribution in [0.4, 0.5) is 48.2 Å². The number of anilines is 3. The summed E-state index contributed by atoms with van der Waals surface area (Å²) in [5.41, 5.74) is 23.9. The Kier molecular flexibility index (Phi) is 28.4. The van der Waals surface area contributed by atoms with Crippen LogP contribution in [0.25, 0.3) is 105 Å². The molecule has 11 N–H and O–H groups in total. The largest absolute Gasteiger partial charge is 0.490 e. The standard InChI is InChI=1S/C24H22F2N6.C24H20F2N6.C19H17BrFN5.C10H11FN2.C9H7Br2N3.C5H5BFNO2/c2*1-14(2)21-12-30-24-23(31-20(13-32(21)24)16-8-17(25)11-27-9-16)28-7-6-15-10-29-19-5-3-4-18(26)22(15)19;1-11(2)15-9-24-19-18(25-16(20)10-26(15)19)22-7-6-12-8-23-14-5-3-4-13(21)17(12)14;11-8-2-1-3-9-10(8)7(4-5-12)6-13-9;1-5(2)6-3-12-9-8(11)13-7(10)4-14(6)9;7-5-1-4(6(9)10)2-8-3-5/h3-5,8-14,29H,6-7H2,1-2H3,(H,28,31);3-5,8-13,29H,1,6-7H2,2H3,(H,28,31);3-5,8-10,23H,1,6-7H2,2H3,(H,22,25);1-3,6,13H,4-5,12H2;3-4H,1H2,2H3;1-3,9-10H. The molecule has 0 atom stereocenters. The van der Waals surface area contributed by atoms with Crippen molar-refractivity contribution in [1.29, 1.82) is 0 Å². The Morgan fingerprint density at radius 3 is 1.16 bits per heavy atom. The van der Waals surface area contributed by atoms with E-state index in [0.29, 0.717) is 129 Å². The minimum absolute atomic E-state index is 0.0556. The Morgan fingerprint density at radius 2 is 0.780 bits per heavy atom. The first kappa shape index (κ1) is 89.8. The zero-order valence-electron chi connectivity index (χ0n) is 68.9. The SMILES string of the molecule is C=C(C)c1cnc2c(Br)nc(Br)cn12.C=C(C)c1cnc2c(NCCc3c[nH]c4cccc(F)c34)nc(-c3cncc(F)c3)cn12.C=C(C)c1cnc2c(NCCc3c[nH]c4cccc(F)c34)nc(Br)cn12.CC(C)c1cnc2c(NCCc3c[nH]c4cccc(F)c34)nc(-c3cncc(F)c3)cn12.NCCc1c[nH]c2cccc(F)c12.OB(O)c1cncc(F)c1. The van der Waals surface area contributed by atoms with Crippen molar-refractivity contribution >= 4 is 161 Å². The van der Waals surface area contributed by atoms with Gasteiger partial charge in [0.25, 0.3) is 0 Å². The van der Waals surface area contributed by atoms with E-state index in [2.05, 4.69) is 167 Å². The number of fused-ring (bicyclic) bond motifs is 8. The van der Waals surface area contributed by atoms with Crippen LogP contribution in [-0.2, 0) is 25.7 Å². The number of nitrogens with zero attached hydrogens (tertiary/aromatic N) is 15. The van der Waals surface area contributed by atoms with Gasteiger partial charge in [-0.3, -0.25) is 32.6 Å². The lowest BCUT2D eigenvalue weighted by atomic mass is 9.82. The molecule has 4 aromatic carbocycles. The van der Waals surface area contributed by atoms with Crippen molar-refractivity contribution in [3.63, 3.8) is 0 Å². The Hall–Kier alpha value is -13.5. The number of allylic oxidation sites excluding steroid dienone is 3. The molecule has 19 rings (SSSR count). The molecule has 0 saturated heterocycles. The molecular formula is C91H82BBr3F7N23O2. The number of nitrogens with one attached hydrogen (secondary N) is 7. The minimum atomic E-state index is -1.65. The molecule has 25 nitrogen and oxygen atoms in total. The number of benzene rings is 4. The maximum atomic E-state index is 14.3. The van der Waals surface area contributed by atoms with Crippen LogP contribution in [0.15, 0.2) is 236 Å². The van der Waals surface area contributed by atoms with Crippen LogP contribution in [-0.4, -0.2) is 136 Å². The number of aromatic amines is 4. The van der Waals surface area contributed by atoms with Crippen molar-refractivity contribution in [2.24, 2.45) is 5.73 Å². The number of rotatable bonds is 21. The molecular weight excluding hydrogens is 1830 g/mol. The van der Waals surface area contributed by atoms with Crippen LogP contribution in [0.2, 0.25) is 0 Å². The molecule has 0 aliphatic carbocycles. The number of aromatic nitrogens is 19. The third-order valence-electron chi connectivity index (χ3n) is 20.2. The highest BCUT2D eigenvalue weighted by atomic mass is 79.9. The average molecular weight is 1910 g/mol. The summed E-state index contributed by atoms with van der Waals surface area (Å²) in [6.45, 7) is 24.0. The smallest absolute Gasteiger partial charge is 0.423 e. The van der Waals surface area contributed by atoms with Gasteiger partial charge in [-0.15, -0.1) is 0 Å². The predicted octanol–water partition coefficient (Wildman–Crippen LogP) is 19.4. The zero-order chi connectivity index (χ0) is 89.9. The molecule has 0 aliphatic heterocycles. The van der Waals surface area contributed by atoms with E-state index in [1.807, 2.05) is 112 Å². The van der Waals surface area contributed by atoms with Gasteiger partial charge in [-0.25, -0.2) is 70.6 Å². The minimum Gasteiger partial charge on any atom is -0.423 e. The highest BCUT2D eigenvalue weighted by molar-refractivity contribution is 9.11. The van der Waals surface area contributed by atoms with E-state index < -0.39 is 24.6 Å². The molecule has 15 aromatic heterocycles. The monoisotopic (exact) mass is 1910 g/mol. The summed E-state index contributed by atoms with van der Waals surface area (Å²) in [5.74, 6) is -0.275. The zero-order valence-corrected chi connectivity index (χ0v) is 73.7. The van der Waals surface area contributed by atoms with Gasteiger partial charge in [0.1, 0.15) is 49.9 Å². The fourth-order valence-corrected chi connectivity index (χ4v) is 15.8. The molecule has 127 heavy (non-hydrogen) atoms. The van der Waals surface area contributed by atoms with Gasteiger partial charge >= 0.3 is 7.12 Å². The fraction of sp³-hybridized carbons (Fsp3) is 0.154. The van der Waals surface area contributed by atoms with Crippen LogP contribution in [0.5, 0.6) is 0 Å². The number of H-pyrrole nitrogens is 4. The lowest BCUT2D eigenvalue weighted by Crippen LogP contribution is -2.30. The Balaban J connectivity index is 0.000000129. The van der Waals surface area contributed by atoms with Crippen molar-refractivity contribution in [1.82, 2.24) is 92.4 Å². The lowest BCUT2D eigenvalue weighted by Gasteiger charge is -2.12. The van der Waals surface area contributed by atoms with Crippen molar-refractivity contribution in [2.75, 3.05) is 42.1 Å². The average Bonchev–Trinajstić information content (AvgIpc) is 1.61. The summed E-state index contributed by atoms with van der Waals surface area (Å²) in [6, 6.07) is 23.9. The first-order valence-corrected chi connectivity index (χ1v) is 42.1. The van der Waals surface area contributed by atoms with E-state index >= 15 is 0 Å². The molecule has 0 fully saturated rings. The van der Waals surface area contributed by atoms with Crippen molar-refractivity contribution < 1.29 is 40.8 Å². The highest BCUT2D eigenvalue weighted by Crippen LogP contribution is 2.33. The van der Waals surface area contributed by atoms with Gasteiger partial charge in [-0.1, -0.05) is 57.8 Å². The van der Waals surface area contributed by atoms with E-state index in [0.717, 1.165) is 129 Å². The maximum absolute atomic E-state index is 14.3. The quantitative estimate of drug-likeness (QED) is 0.0236. The van der Waals surface area contributed by atoms with Crippen molar-refractivity contribution in [2.45, 2.75) is 66.2 Å². The second-order valence-corrected chi connectivity index (χ2v) is 32.0. The Labute approximate surface area is 747 Å². The van der Waals surface area contributed by atoms with E-state index in [9.17, 15) is 30.7 Å². The van der Waals surface area contributed by atoms with Crippen molar-refractivity contribution in [3.05, 3.63) is 322 Å². The number of hydrogen-bond acceptors (Lipinski definition) is 17. The molecule has 646 valence electrons. The van der Waals surface area contributed by atoms with Gasteiger partial charge in [0.2, 0.25) is 0 Å². The Morgan fingerprint density at radius 1 is 0.433 bits per heavy atom. The van der Waals surface area contributed by atoms with E-state index in [4.69, 9.17) is 20.8 Å². The molecule has 19 aromatic rings. The predicted molar refractivity (Wildman–Crippen MR) is 496 cm³/mol. The first-order chi connectivity index (χ1) is 61.2. The number of halogens is 10. The van der Waals surface area contributed by atoms with Gasteiger partial charge in [0.15, 0.2) is 44.6 Å². The highest BCUT2D eigenvalue weighted by Gasteiger charge is 2.21. The molecule has 0 bridgehead atoms. The van der Waals surface area contributed by atoms with Crippen LogP contribution >= 0.6 is 47.8 Å². The third kappa shape index (κ3) is 20.7. The van der Waals surface area contributed by atoms with E-state index in [1.165, 1.54) is 42.6 Å². The van der Waals surface area contributed by atoms with Crippen molar-refractivity contribution in [3.8, 4) is 22.5 Å². The molecule has 0 spiro atoms. The molecule has 0 amide bonds. The van der Waals surface area contributed by atoms with Crippen LogP contribution in [0.3, 0.4) is 0 Å². The normalized spacial score (nSPS) is 11.2. The van der Waals surface area contributed by atoms with Gasteiger partial charge in [-0.2, -0.15) is 0 Å². The summed E-state index contributed by atoms with van der Waals surface area (Å²) in [5, 5.41) is 29.5. The number of hydrogen-bond donors (Lipinski definition) is 10. The number of nitrogens with two attached hydrogens (primary N) is 1. The molecule has 0 aliphatic rings. The molecule has 0 radical (unpaired) electrons. The third-order valence-corrected chi connectivity index (χ3v) is 21.5. The molecule has 36 heteroatoms. The molecule has 0 saturated carbocycles. The topological polar surface area (TPSA) is 325 Å². The summed E-state index contributed by atoms with van der Waals surface area (Å²) < 4.78 is 106. The first-order valence-electron chi connectivity index (χ1n) is 39.7. The summed E-state index contributed by atoms with van der Waals surface area (Å²) in [4.78, 5) is 59.4. The van der Waals surface area contributed by atoms with E-state index in [-0.39, 0.29) is 34.6 Å². The summed E-state index contributed by atoms with van der Waals surface area (Å²) >= 11 is 10.1. The summed E-state index contributed by atoms with van der Waals surface area (Å²) in [7, 11) is -1.65. The maximum Gasteiger partial charge on any atom is 0.490 e. The lowest BCUT2D eigenvalue weighted by molar-refractivity contribution is 0.425. The van der Waals surface area contributed by atoms with Gasteiger partial charge in [0.05, 0.1) is 65.7 Å². The summed E-state index contributed by atoms with van der Waals surface area (Å²) in [6.07, 6.45) is 32.0. The fourth-order valence-electron chi connectivity index (χ4n) is 14.3. The van der Waals surface area contributed by atoms with Crippen LogP contribution < -0.4 is 27.1 Å². The second kappa shape index (κ2) is 40.2. The van der Waals surface area contributed by atoms with Gasteiger partial charge < -0.3 is 51.7 Å².